The number of nitrogen functional groups attached to an aromatic ring is 1. The monoisotopic (exact) mass is 559 g/mol. The fourth-order valence-electron chi connectivity index (χ4n) is 4.10. The normalized spacial score (nSPS) is 25.2. The number of aliphatic hydroxyl groups excluding tert-OH is 1. The lowest BCUT2D eigenvalue weighted by Crippen LogP contribution is -2.39. The van der Waals surface area contributed by atoms with Crippen molar-refractivity contribution in [2.24, 2.45) is 5.41 Å². The van der Waals surface area contributed by atoms with Gasteiger partial charge in [-0.1, -0.05) is 18.2 Å². The molecule has 0 bridgehead atoms. The number of aliphatic hydroxyl groups is 1. The summed E-state index contributed by atoms with van der Waals surface area (Å²) in [6.45, 7) is 5.90. The van der Waals surface area contributed by atoms with Crippen molar-refractivity contribution < 1.29 is 33.0 Å². The van der Waals surface area contributed by atoms with Crippen LogP contribution in [-0.4, -0.2) is 61.6 Å². The molecule has 39 heavy (non-hydrogen) atoms. The SMILES string of the molecule is CC(C)OC(=O)[C@H](C)NP(=O)(OC[C@H]1O[C@@H](c2cnc3c(N)ncnn23)[C@](C)(C#N)[C@@H]1O)Oc1ccccc1. The van der Waals surface area contributed by atoms with Gasteiger partial charge in [-0.2, -0.15) is 15.4 Å². The molecule has 208 valence electrons. The third kappa shape index (κ3) is 5.88. The van der Waals surface area contributed by atoms with Crippen LogP contribution in [0.1, 0.15) is 39.5 Å². The number of ether oxygens (including phenoxy) is 2. The summed E-state index contributed by atoms with van der Waals surface area (Å²) in [6, 6.07) is 9.29. The Morgan fingerprint density at radius 3 is 2.72 bits per heavy atom. The molecule has 3 heterocycles. The van der Waals surface area contributed by atoms with Crippen molar-refractivity contribution in [2.45, 2.75) is 58.2 Å². The second-order valence-corrected chi connectivity index (χ2v) is 11.2. The molecular formula is C24H30N7O7P. The third-order valence-corrected chi connectivity index (χ3v) is 7.77. The lowest BCUT2D eigenvalue weighted by Gasteiger charge is -2.26. The van der Waals surface area contributed by atoms with E-state index in [0.29, 0.717) is 5.69 Å². The van der Waals surface area contributed by atoms with E-state index in [2.05, 4.69) is 26.2 Å². The minimum absolute atomic E-state index is 0.128. The first-order valence-corrected chi connectivity index (χ1v) is 13.7. The van der Waals surface area contributed by atoms with E-state index in [1.54, 1.807) is 44.2 Å². The van der Waals surface area contributed by atoms with Gasteiger partial charge < -0.3 is 24.8 Å². The molecule has 0 spiro atoms. The molecule has 4 rings (SSSR count). The molecule has 15 heteroatoms. The zero-order valence-electron chi connectivity index (χ0n) is 21.8. The highest BCUT2D eigenvalue weighted by molar-refractivity contribution is 7.52. The molecule has 1 aliphatic rings. The molecule has 0 aliphatic carbocycles. The maximum atomic E-state index is 13.8. The molecular weight excluding hydrogens is 529 g/mol. The topological polar surface area (TPSA) is 196 Å². The van der Waals surface area contributed by atoms with Crippen molar-refractivity contribution in [2.75, 3.05) is 12.3 Å². The molecule has 1 fully saturated rings. The summed E-state index contributed by atoms with van der Waals surface area (Å²) in [6.07, 6.45) is -1.21. The lowest BCUT2D eigenvalue weighted by molar-refractivity contribution is -0.149. The van der Waals surface area contributed by atoms with Gasteiger partial charge >= 0.3 is 13.7 Å². The van der Waals surface area contributed by atoms with Crippen LogP contribution >= 0.6 is 7.75 Å². The van der Waals surface area contributed by atoms with E-state index in [1.165, 1.54) is 30.9 Å². The van der Waals surface area contributed by atoms with Crippen LogP contribution in [0.2, 0.25) is 0 Å². The van der Waals surface area contributed by atoms with Crippen LogP contribution in [0.5, 0.6) is 5.75 Å². The Morgan fingerprint density at radius 1 is 1.33 bits per heavy atom. The van der Waals surface area contributed by atoms with Crippen molar-refractivity contribution in [3.8, 4) is 11.8 Å². The van der Waals surface area contributed by atoms with E-state index >= 15 is 0 Å². The number of aromatic nitrogens is 4. The van der Waals surface area contributed by atoms with Crippen molar-refractivity contribution in [3.05, 3.63) is 48.5 Å². The van der Waals surface area contributed by atoms with Gasteiger partial charge in [0.1, 0.15) is 41.8 Å². The number of nitrogens with two attached hydrogens (primary N) is 1. The number of carbonyl (C=O) groups is 1. The van der Waals surface area contributed by atoms with Crippen molar-refractivity contribution in [1.29, 1.82) is 5.26 Å². The van der Waals surface area contributed by atoms with Gasteiger partial charge in [-0.05, 0) is 39.8 Å². The average molecular weight is 560 g/mol. The Labute approximate surface area is 224 Å². The van der Waals surface area contributed by atoms with Gasteiger partial charge in [-0.25, -0.2) is 19.0 Å². The Bertz CT molecular complexity index is 1410. The highest BCUT2D eigenvalue weighted by Crippen LogP contribution is 2.50. The van der Waals surface area contributed by atoms with Crippen LogP contribution in [-0.2, 0) is 23.4 Å². The van der Waals surface area contributed by atoms with Gasteiger partial charge in [-0.3, -0.25) is 9.32 Å². The van der Waals surface area contributed by atoms with Gasteiger partial charge in [0, 0.05) is 0 Å². The number of hydrogen-bond donors (Lipinski definition) is 3. The number of nitrogens with one attached hydrogen (secondary N) is 1. The number of esters is 1. The van der Waals surface area contributed by atoms with Crippen molar-refractivity contribution >= 4 is 25.2 Å². The number of hydrogen-bond acceptors (Lipinski definition) is 12. The van der Waals surface area contributed by atoms with E-state index in [0.717, 1.165) is 0 Å². The molecule has 0 radical (unpaired) electrons. The van der Waals surface area contributed by atoms with Gasteiger partial charge in [0.2, 0.25) is 0 Å². The smallest absolute Gasteiger partial charge is 0.459 e. The molecule has 2 aromatic heterocycles. The lowest BCUT2D eigenvalue weighted by atomic mass is 9.80. The second kappa shape index (κ2) is 11.3. The fraction of sp³-hybridized carbons (Fsp3) is 0.458. The van der Waals surface area contributed by atoms with Gasteiger partial charge in [0.05, 0.1) is 30.7 Å². The number of rotatable bonds is 10. The minimum Gasteiger partial charge on any atom is -0.462 e. The summed E-state index contributed by atoms with van der Waals surface area (Å²) in [4.78, 5) is 20.5. The van der Waals surface area contributed by atoms with E-state index in [1.807, 2.05) is 0 Å². The summed E-state index contributed by atoms with van der Waals surface area (Å²) in [7, 11) is -4.23. The van der Waals surface area contributed by atoms with E-state index in [9.17, 15) is 19.7 Å². The number of fused-ring (bicyclic) bond motifs is 1. The summed E-state index contributed by atoms with van der Waals surface area (Å²) in [5.74, 6) is -0.314. The standard InChI is InChI=1S/C24H30N7O7P/c1-14(2)36-23(33)15(3)30-39(34,38-16-8-6-5-7-9-16)35-11-18-19(32)24(4,12-25)20(37-18)17-10-27-22-21(26)28-13-29-31(17)22/h5-10,13-15,18-20,32H,11H2,1-4H3,(H,30,34)(H2,26,28,29)/t15-,18+,19+,20-,24+,39?/m0/s1. The fourth-order valence-corrected chi connectivity index (χ4v) is 5.60. The van der Waals surface area contributed by atoms with Crippen LogP contribution in [0.15, 0.2) is 42.9 Å². The predicted molar refractivity (Wildman–Crippen MR) is 137 cm³/mol. The zero-order valence-corrected chi connectivity index (χ0v) is 22.7. The molecule has 14 nitrogen and oxygen atoms in total. The van der Waals surface area contributed by atoms with Gasteiger partial charge in [0.15, 0.2) is 11.5 Å². The minimum atomic E-state index is -4.23. The average Bonchev–Trinajstić information content (AvgIpc) is 3.43. The molecule has 1 unspecified atom stereocenters. The number of benzene rings is 1. The van der Waals surface area contributed by atoms with Crippen LogP contribution < -0.4 is 15.3 Å². The zero-order chi connectivity index (χ0) is 28.4. The van der Waals surface area contributed by atoms with Gasteiger partial charge in [-0.15, -0.1) is 0 Å². The molecule has 4 N–H and O–H groups in total. The summed E-state index contributed by atoms with van der Waals surface area (Å²) in [5, 5.41) is 27.9. The molecule has 0 amide bonds. The van der Waals surface area contributed by atoms with Crippen LogP contribution in [0.3, 0.4) is 0 Å². The number of nitrogens with zero attached hydrogens (tertiary/aromatic N) is 5. The largest absolute Gasteiger partial charge is 0.462 e. The Balaban J connectivity index is 1.57. The van der Waals surface area contributed by atoms with Crippen LogP contribution in [0, 0.1) is 16.7 Å². The van der Waals surface area contributed by atoms with Crippen LogP contribution in [0.4, 0.5) is 5.82 Å². The summed E-state index contributed by atoms with van der Waals surface area (Å²) < 4.78 is 37.7. The molecule has 3 aromatic rings. The van der Waals surface area contributed by atoms with E-state index < -0.39 is 50.1 Å². The van der Waals surface area contributed by atoms with Gasteiger partial charge in [0.25, 0.3) is 0 Å². The maximum absolute atomic E-state index is 13.8. The first kappa shape index (κ1) is 28.4. The quantitative estimate of drug-likeness (QED) is 0.242. The maximum Gasteiger partial charge on any atom is 0.459 e. The predicted octanol–water partition coefficient (Wildman–Crippen LogP) is 2.17. The Kier molecular flexibility index (Phi) is 8.20. The second-order valence-electron chi connectivity index (χ2n) is 9.49. The molecule has 6 atom stereocenters. The molecule has 0 saturated carbocycles. The molecule has 1 aromatic carbocycles. The van der Waals surface area contributed by atoms with E-state index in [4.69, 9.17) is 24.3 Å². The molecule has 1 saturated heterocycles. The summed E-state index contributed by atoms with van der Waals surface area (Å²) >= 11 is 0. The van der Waals surface area contributed by atoms with Crippen molar-refractivity contribution in [1.82, 2.24) is 24.7 Å². The first-order chi connectivity index (χ1) is 18.5. The Morgan fingerprint density at radius 2 is 2.05 bits per heavy atom. The number of para-hydroxylation sites is 1. The van der Waals surface area contributed by atoms with Crippen molar-refractivity contribution in [3.63, 3.8) is 0 Å². The number of carbonyl (C=O) groups excluding carboxylic acids is 1. The first-order valence-electron chi connectivity index (χ1n) is 12.1. The van der Waals surface area contributed by atoms with E-state index in [-0.39, 0.29) is 23.3 Å². The highest BCUT2D eigenvalue weighted by Gasteiger charge is 2.56. The highest BCUT2D eigenvalue weighted by atomic mass is 31.2. The molecule has 1 aliphatic heterocycles. The number of imidazole rings is 1. The number of anilines is 1. The number of nitriles is 1. The summed E-state index contributed by atoms with van der Waals surface area (Å²) in [5.41, 5.74) is 5.03. The Hall–Kier alpha value is -3.60. The van der Waals surface area contributed by atoms with Crippen LogP contribution in [0.25, 0.3) is 5.65 Å². The third-order valence-electron chi connectivity index (χ3n) is 6.12.